The number of rotatable bonds is 3. The van der Waals surface area contributed by atoms with E-state index in [0.717, 1.165) is 44.3 Å². The van der Waals surface area contributed by atoms with Crippen molar-refractivity contribution in [3.05, 3.63) is 156 Å². The highest BCUT2D eigenvalue weighted by Crippen LogP contribution is 2.41. The second-order valence-corrected chi connectivity index (χ2v) is 10.4. The van der Waals surface area contributed by atoms with E-state index in [4.69, 9.17) is 13.1 Å². The van der Waals surface area contributed by atoms with Gasteiger partial charge < -0.3 is 9.13 Å². The summed E-state index contributed by atoms with van der Waals surface area (Å²) in [5.74, 6) is 0. The van der Waals surface area contributed by atoms with E-state index in [1.165, 1.54) is 21.8 Å². The Morgan fingerprint density at radius 2 is 1.07 bits per heavy atom. The van der Waals surface area contributed by atoms with Crippen molar-refractivity contribution in [2.24, 2.45) is 0 Å². The second kappa shape index (κ2) is 9.24. The van der Waals surface area contributed by atoms with Crippen LogP contribution in [0.25, 0.3) is 75.8 Å². The van der Waals surface area contributed by atoms with Gasteiger partial charge in [-0.2, -0.15) is 0 Å². The summed E-state index contributed by atoms with van der Waals surface area (Å²) >= 11 is 0. The quantitative estimate of drug-likeness (QED) is 0.201. The topological polar surface area (TPSA) is 18.6 Å². The monoisotopic (exact) mass is 534 g/mol. The fourth-order valence-electron chi connectivity index (χ4n) is 6.32. The van der Waals surface area contributed by atoms with Gasteiger partial charge in [-0.15, -0.1) is 0 Å². The van der Waals surface area contributed by atoms with Gasteiger partial charge in [-0.1, -0.05) is 78.9 Å². The summed E-state index contributed by atoms with van der Waals surface area (Å²) in [6.45, 7) is 15.2. The summed E-state index contributed by atoms with van der Waals surface area (Å²) in [5, 5.41) is 4.52. The van der Waals surface area contributed by atoms with Crippen LogP contribution in [0.1, 0.15) is 0 Å². The molecule has 0 aliphatic rings. The summed E-state index contributed by atoms with van der Waals surface area (Å²) in [4.78, 5) is 7.38. The van der Waals surface area contributed by atoms with Crippen molar-refractivity contribution in [3.8, 4) is 22.5 Å². The van der Waals surface area contributed by atoms with Crippen molar-refractivity contribution in [3.63, 3.8) is 0 Å². The van der Waals surface area contributed by atoms with E-state index in [9.17, 15) is 0 Å². The van der Waals surface area contributed by atoms with Crippen LogP contribution in [0.5, 0.6) is 0 Å². The Bertz CT molecular complexity index is 2430. The van der Waals surface area contributed by atoms with E-state index in [0.29, 0.717) is 11.4 Å². The van der Waals surface area contributed by atoms with Crippen molar-refractivity contribution in [2.75, 3.05) is 0 Å². The van der Waals surface area contributed by atoms with Gasteiger partial charge in [0.2, 0.25) is 0 Å². The molecular formula is C38H22N4. The van der Waals surface area contributed by atoms with Crippen molar-refractivity contribution >= 4 is 55.0 Å². The molecule has 2 aromatic heterocycles. The summed E-state index contributed by atoms with van der Waals surface area (Å²) in [6.07, 6.45) is 0. The van der Waals surface area contributed by atoms with Gasteiger partial charge in [-0.3, -0.25) is 0 Å². The van der Waals surface area contributed by atoms with Gasteiger partial charge in [0, 0.05) is 33.1 Å². The lowest BCUT2D eigenvalue weighted by Gasteiger charge is -2.12. The molecular weight excluding hydrogens is 512 g/mol. The van der Waals surface area contributed by atoms with Crippen LogP contribution in [0, 0.1) is 13.1 Å². The molecule has 4 nitrogen and oxygen atoms in total. The smallest absolute Gasteiger partial charge is 0.189 e. The molecule has 8 rings (SSSR count). The van der Waals surface area contributed by atoms with Crippen LogP contribution >= 0.6 is 0 Å². The summed E-state index contributed by atoms with van der Waals surface area (Å²) < 4.78 is 4.55. The zero-order chi connectivity index (χ0) is 28.2. The molecule has 0 saturated carbocycles. The Morgan fingerprint density at radius 3 is 1.90 bits per heavy atom. The normalized spacial score (nSPS) is 11.3. The predicted octanol–water partition coefficient (Wildman–Crippen LogP) is 10.6. The first-order chi connectivity index (χ1) is 20.7. The number of benzene rings is 6. The van der Waals surface area contributed by atoms with E-state index < -0.39 is 0 Å². The maximum atomic E-state index is 7.66. The molecule has 0 amide bonds. The molecule has 0 radical (unpaired) electrons. The molecule has 0 unspecified atom stereocenters. The standard InChI is InChI=1S/C38H22N4/c1-39-26-10-8-13-29(23-26)41-36-20-18-25(22-33(36)34-24-27(40-2)19-21-37(34)41)30-15-9-16-32-31-14-6-7-17-35(31)42(38(30)32)28-11-4-3-5-12-28/h3-24H. The average Bonchev–Trinajstić information content (AvgIpc) is 3.57. The Morgan fingerprint density at radius 1 is 0.429 bits per heavy atom. The number of aromatic nitrogens is 2. The van der Waals surface area contributed by atoms with Crippen LogP contribution in [0.4, 0.5) is 11.4 Å². The molecule has 0 aliphatic carbocycles. The minimum atomic E-state index is 0.595. The number of fused-ring (bicyclic) bond motifs is 6. The largest absolute Gasteiger partial charge is 0.311 e. The van der Waals surface area contributed by atoms with E-state index in [-0.39, 0.29) is 0 Å². The van der Waals surface area contributed by atoms with Crippen molar-refractivity contribution in [1.82, 2.24) is 9.13 Å². The first-order valence-corrected chi connectivity index (χ1v) is 13.8. The van der Waals surface area contributed by atoms with Gasteiger partial charge in [0.05, 0.1) is 35.2 Å². The zero-order valence-electron chi connectivity index (χ0n) is 22.5. The lowest BCUT2D eigenvalue weighted by Crippen LogP contribution is -1.95. The first kappa shape index (κ1) is 23.8. The van der Waals surface area contributed by atoms with Crippen LogP contribution < -0.4 is 0 Å². The SMILES string of the molecule is [C-]#[N+]c1cccc(-n2c3ccc([N+]#[C-])cc3c3cc(-c4cccc5c6ccccc6n(-c6ccccc6)c45)ccc32)c1. The van der Waals surface area contributed by atoms with Crippen LogP contribution in [-0.4, -0.2) is 9.13 Å². The maximum absolute atomic E-state index is 7.66. The van der Waals surface area contributed by atoms with E-state index >= 15 is 0 Å². The van der Waals surface area contributed by atoms with Crippen molar-refractivity contribution in [1.29, 1.82) is 0 Å². The van der Waals surface area contributed by atoms with Gasteiger partial charge in [-0.25, -0.2) is 9.69 Å². The molecule has 0 fully saturated rings. The van der Waals surface area contributed by atoms with E-state index in [2.05, 4.69) is 104 Å². The van der Waals surface area contributed by atoms with Crippen LogP contribution in [-0.2, 0) is 0 Å². The molecule has 2 heterocycles. The molecule has 0 aliphatic heterocycles. The fraction of sp³-hybridized carbons (Fsp3) is 0. The number of para-hydroxylation sites is 3. The number of nitrogens with zero attached hydrogens (tertiary/aromatic N) is 4. The summed E-state index contributed by atoms with van der Waals surface area (Å²) in [6, 6.07) is 45.8. The summed E-state index contributed by atoms with van der Waals surface area (Å²) in [7, 11) is 0. The molecule has 0 N–H and O–H groups in total. The predicted molar refractivity (Wildman–Crippen MR) is 173 cm³/mol. The van der Waals surface area contributed by atoms with Gasteiger partial charge in [0.1, 0.15) is 0 Å². The molecule has 42 heavy (non-hydrogen) atoms. The Labute approximate surface area is 242 Å². The highest BCUT2D eigenvalue weighted by Gasteiger charge is 2.18. The first-order valence-electron chi connectivity index (χ1n) is 13.8. The van der Waals surface area contributed by atoms with E-state index in [1.54, 1.807) is 0 Å². The molecule has 0 spiro atoms. The van der Waals surface area contributed by atoms with Gasteiger partial charge in [-0.05, 0) is 65.5 Å². The fourth-order valence-corrected chi connectivity index (χ4v) is 6.32. The van der Waals surface area contributed by atoms with Crippen LogP contribution in [0.2, 0.25) is 0 Å². The highest BCUT2D eigenvalue weighted by atomic mass is 15.0. The van der Waals surface area contributed by atoms with Crippen molar-refractivity contribution < 1.29 is 0 Å². The molecule has 8 aromatic rings. The zero-order valence-corrected chi connectivity index (χ0v) is 22.5. The minimum Gasteiger partial charge on any atom is -0.311 e. The highest BCUT2D eigenvalue weighted by molar-refractivity contribution is 6.16. The van der Waals surface area contributed by atoms with Crippen molar-refractivity contribution in [2.45, 2.75) is 0 Å². The lowest BCUT2D eigenvalue weighted by atomic mass is 9.99. The second-order valence-electron chi connectivity index (χ2n) is 10.4. The Balaban J connectivity index is 1.46. The average molecular weight is 535 g/mol. The molecule has 194 valence electrons. The molecule has 0 bridgehead atoms. The summed E-state index contributed by atoms with van der Waals surface area (Å²) in [5.41, 5.74) is 9.88. The minimum absolute atomic E-state index is 0.595. The third-order valence-electron chi connectivity index (χ3n) is 8.11. The maximum Gasteiger partial charge on any atom is 0.189 e. The number of hydrogen-bond donors (Lipinski definition) is 0. The van der Waals surface area contributed by atoms with Gasteiger partial charge in [0.25, 0.3) is 0 Å². The van der Waals surface area contributed by atoms with Crippen LogP contribution in [0.3, 0.4) is 0 Å². The third kappa shape index (κ3) is 3.47. The van der Waals surface area contributed by atoms with Gasteiger partial charge >= 0.3 is 0 Å². The molecule has 0 atom stereocenters. The molecule has 4 heteroatoms. The third-order valence-corrected chi connectivity index (χ3v) is 8.11. The van der Waals surface area contributed by atoms with Gasteiger partial charge in [0.15, 0.2) is 11.4 Å². The lowest BCUT2D eigenvalue weighted by molar-refractivity contribution is 1.18. The Kier molecular flexibility index (Phi) is 5.22. The molecule has 0 saturated heterocycles. The van der Waals surface area contributed by atoms with Crippen LogP contribution in [0.15, 0.2) is 133 Å². The number of hydrogen-bond acceptors (Lipinski definition) is 0. The Hall–Kier alpha value is -6.10. The molecule has 6 aromatic carbocycles. The van der Waals surface area contributed by atoms with E-state index in [1.807, 2.05) is 48.5 Å².